The molecule has 29 heavy (non-hydrogen) atoms. The zero-order valence-electron chi connectivity index (χ0n) is 17.6. The zero-order valence-corrected chi connectivity index (χ0v) is 17.6. The number of likely N-dealkylation sites (N-methyl/N-ethyl adjacent to an activating group) is 1. The number of carbonyl (C=O) groups is 2. The maximum atomic E-state index is 13.2. The summed E-state index contributed by atoms with van der Waals surface area (Å²) in [6.07, 6.45) is 1.19. The predicted octanol–water partition coefficient (Wildman–Crippen LogP) is 0.778. The van der Waals surface area contributed by atoms with Crippen LogP contribution < -0.4 is 4.74 Å². The van der Waals surface area contributed by atoms with Gasteiger partial charge in [-0.3, -0.25) is 9.59 Å². The van der Waals surface area contributed by atoms with Crippen molar-refractivity contribution in [1.82, 2.24) is 14.8 Å². The summed E-state index contributed by atoms with van der Waals surface area (Å²) in [5.41, 5.74) is 0.859. The van der Waals surface area contributed by atoms with Crippen LogP contribution in [0.5, 0.6) is 5.88 Å². The molecule has 1 aromatic heterocycles. The third-order valence-corrected chi connectivity index (χ3v) is 4.96. The van der Waals surface area contributed by atoms with E-state index in [0.29, 0.717) is 18.7 Å². The van der Waals surface area contributed by atoms with Crippen LogP contribution in [0.4, 0.5) is 0 Å². The summed E-state index contributed by atoms with van der Waals surface area (Å²) >= 11 is 0. The molecule has 1 aliphatic heterocycles. The quantitative estimate of drug-likeness (QED) is 0.731. The van der Waals surface area contributed by atoms with Crippen LogP contribution in [0.15, 0.2) is 12.3 Å². The molecule has 8 heteroatoms. The molecule has 158 valence electrons. The minimum Gasteiger partial charge on any atom is -0.472 e. The number of rotatable bonds is 5. The zero-order chi connectivity index (χ0) is 21.6. The summed E-state index contributed by atoms with van der Waals surface area (Å²) in [5, 5.41) is 9.65. The van der Waals surface area contributed by atoms with Gasteiger partial charge in [-0.05, 0) is 13.0 Å². The molecule has 0 saturated heterocycles. The Labute approximate surface area is 171 Å². The van der Waals surface area contributed by atoms with Gasteiger partial charge in [0, 0.05) is 45.3 Å². The van der Waals surface area contributed by atoms with Crippen LogP contribution >= 0.6 is 0 Å². The first-order valence-electron chi connectivity index (χ1n) is 9.56. The van der Waals surface area contributed by atoms with Crippen molar-refractivity contribution in [1.29, 1.82) is 0 Å². The Hall–Kier alpha value is -2.63. The van der Waals surface area contributed by atoms with Gasteiger partial charge in [-0.1, -0.05) is 18.8 Å². The number of ether oxygens (including phenoxy) is 2. The lowest BCUT2D eigenvalue weighted by molar-refractivity contribution is -0.129. The van der Waals surface area contributed by atoms with E-state index in [9.17, 15) is 14.7 Å². The number of aliphatic hydroxyl groups excluding tert-OH is 1. The Bertz CT molecular complexity index is 801. The fourth-order valence-electron chi connectivity index (χ4n) is 3.00. The summed E-state index contributed by atoms with van der Waals surface area (Å²) < 4.78 is 11.0. The van der Waals surface area contributed by atoms with Gasteiger partial charge >= 0.3 is 0 Å². The summed E-state index contributed by atoms with van der Waals surface area (Å²) in [6.45, 7) is 6.10. The molecule has 0 aromatic carbocycles. The number of hydrogen-bond acceptors (Lipinski definition) is 6. The minimum atomic E-state index is -0.370. The summed E-state index contributed by atoms with van der Waals surface area (Å²) in [5.74, 6) is 5.53. The third-order valence-electron chi connectivity index (χ3n) is 4.96. The van der Waals surface area contributed by atoms with E-state index in [2.05, 4.69) is 16.8 Å². The molecule has 1 aromatic rings. The summed E-state index contributed by atoms with van der Waals surface area (Å²) in [4.78, 5) is 32.4. The molecule has 2 heterocycles. The number of hydrogen-bond donors (Lipinski definition) is 1. The van der Waals surface area contributed by atoms with Gasteiger partial charge < -0.3 is 24.4 Å². The first kappa shape index (κ1) is 22.7. The van der Waals surface area contributed by atoms with Crippen LogP contribution in [-0.2, 0) is 9.53 Å². The molecule has 0 fully saturated rings. The summed E-state index contributed by atoms with van der Waals surface area (Å²) in [6, 6.07) is 1.27. The number of amides is 2. The molecule has 0 radical (unpaired) electrons. The van der Waals surface area contributed by atoms with E-state index in [1.807, 2.05) is 6.92 Å². The molecule has 3 atom stereocenters. The van der Waals surface area contributed by atoms with Crippen LogP contribution in [-0.4, -0.2) is 84.3 Å². The maximum Gasteiger partial charge on any atom is 0.259 e. The molecule has 0 bridgehead atoms. The smallest absolute Gasteiger partial charge is 0.259 e. The average Bonchev–Trinajstić information content (AvgIpc) is 2.70. The lowest BCUT2D eigenvalue weighted by Crippen LogP contribution is -2.50. The van der Waals surface area contributed by atoms with E-state index in [1.165, 1.54) is 6.92 Å². The Balaban J connectivity index is 2.46. The number of carbonyl (C=O) groups excluding carboxylic acids is 2. The highest BCUT2D eigenvalue weighted by molar-refractivity contribution is 5.97. The maximum absolute atomic E-state index is 13.2. The highest BCUT2D eigenvalue weighted by Crippen LogP contribution is 2.27. The number of fused-ring (bicyclic) bond motifs is 1. The fourth-order valence-corrected chi connectivity index (χ4v) is 3.00. The van der Waals surface area contributed by atoms with Gasteiger partial charge in [-0.25, -0.2) is 4.98 Å². The average molecular weight is 403 g/mol. The summed E-state index contributed by atoms with van der Waals surface area (Å²) in [7, 11) is 3.26. The standard InChI is InChI=1S/C21H29N3O5/c1-14-11-24(15(2)13-25)21(27)18-9-17(7-6-8-28-5)10-22-20(18)29-19(14)12-23(4)16(3)26/h9-10,14-15,19,25H,8,11-13H2,1-5H3/t14-,15-,19+/m1/s1. The van der Waals surface area contributed by atoms with Gasteiger partial charge in [0.05, 0.1) is 19.2 Å². The van der Waals surface area contributed by atoms with Gasteiger partial charge in [-0.15, -0.1) is 0 Å². The third kappa shape index (κ3) is 5.68. The van der Waals surface area contributed by atoms with Crippen molar-refractivity contribution in [2.45, 2.75) is 32.9 Å². The molecule has 2 amide bonds. The van der Waals surface area contributed by atoms with Crippen molar-refractivity contribution in [3.05, 3.63) is 23.4 Å². The molecular formula is C21H29N3O5. The van der Waals surface area contributed by atoms with Crippen LogP contribution in [0.1, 0.15) is 36.7 Å². The van der Waals surface area contributed by atoms with Gasteiger partial charge in [-0.2, -0.15) is 0 Å². The van der Waals surface area contributed by atoms with E-state index in [1.54, 1.807) is 43.1 Å². The molecule has 0 saturated carbocycles. The first-order chi connectivity index (χ1) is 13.8. The van der Waals surface area contributed by atoms with Crippen LogP contribution in [0.2, 0.25) is 0 Å². The van der Waals surface area contributed by atoms with Gasteiger partial charge in [0.2, 0.25) is 11.8 Å². The van der Waals surface area contributed by atoms with E-state index >= 15 is 0 Å². The lowest BCUT2D eigenvalue weighted by atomic mass is 10.00. The van der Waals surface area contributed by atoms with Crippen molar-refractivity contribution < 1.29 is 24.2 Å². The van der Waals surface area contributed by atoms with E-state index < -0.39 is 0 Å². The molecule has 1 aliphatic rings. The van der Waals surface area contributed by atoms with Crippen molar-refractivity contribution in [3.8, 4) is 17.7 Å². The topological polar surface area (TPSA) is 92.2 Å². The second-order valence-corrected chi connectivity index (χ2v) is 7.33. The number of pyridine rings is 1. The highest BCUT2D eigenvalue weighted by Gasteiger charge is 2.34. The number of methoxy groups -OCH3 is 1. The van der Waals surface area contributed by atoms with Crippen molar-refractivity contribution in [2.24, 2.45) is 5.92 Å². The van der Waals surface area contributed by atoms with Gasteiger partial charge in [0.1, 0.15) is 18.3 Å². The molecule has 1 N–H and O–H groups in total. The second kappa shape index (κ2) is 10.2. The Morgan fingerprint density at radius 3 is 2.90 bits per heavy atom. The number of nitrogens with zero attached hydrogens (tertiary/aromatic N) is 3. The normalized spacial score (nSPS) is 19.8. The molecular weight excluding hydrogens is 374 g/mol. The van der Waals surface area contributed by atoms with E-state index in [4.69, 9.17) is 9.47 Å². The Morgan fingerprint density at radius 2 is 2.28 bits per heavy atom. The molecule has 0 aliphatic carbocycles. The largest absolute Gasteiger partial charge is 0.472 e. The van der Waals surface area contributed by atoms with Gasteiger partial charge in [0.25, 0.3) is 5.91 Å². The van der Waals surface area contributed by atoms with Crippen LogP contribution in [0.3, 0.4) is 0 Å². The van der Waals surface area contributed by atoms with Crippen LogP contribution in [0, 0.1) is 17.8 Å². The van der Waals surface area contributed by atoms with Crippen molar-refractivity contribution in [3.63, 3.8) is 0 Å². The molecule has 0 spiro atoms. The van der Waals surface area contributed by atoms with Crippen LogP contribution in [0.25, 0.3) is 0 Å². The number of aromatic nitrogens is 1. The Kier molecular flexibility index (Phi) is 8.00. The van der Waals surface area contributed by atoms with Crippen molar-refractivity contribution in [2.75, 3.05) is 40.5 Å². The molecule has 0 unspecified atom stereocenters. The van der Waals surface area contributed by atoms with E-state index in [0.717, 1.165) is 0 Å². The monoisotopic (exact) mass is 403 g/mol. The van der Waals surface area contributed by atoms with E-state index in [-0.39, 0.29) is 54.5 Å². The lowest BCUT2D eigenvalue weighted by Gasteiger charge is -2.37. The molecule has 8 nitrogen and oxygen atoms in total. The highest BCUT2D eigenvalue weighted by atomic mass is 16.5. The Morgan fingerprint density at radius 1 is 1.55 bits per heavy atom. The predicted molar refractivity (Wildman–Crippen MR) is 107 cm³/mol. The number of aliphatic hydroxyl groups is 1. The van der Waals surface area contributed by atoms with Gasteiger partial charge in [0.15, 0.2) is 0 Å². The first-order valence-corrected chi connectivity index (χ1v) is 9.56. The minimum absolute atomic E-state index is 0.0727. The molecule has 2 rings (SSSR count). The fraction of sp³-hybridized carbons (Fsp3) is 0.571. The SMILES string of the molecule is COCC#Cc1cnc2c(c1)C(=O)N([C@H](C)CO)C[C@@H](C)[C@H](CN(C)C(C)=O)O2. The second-order valence-electron chi connectivity index (χ2n) is 7.33. The van der Waals surface area contributed by atoms with Crippen molar-refractivity contribution >= 4 is 11.8 Å².